The fourth-order valence-electron chi connectivity index (χ4n) is 1.78. The molecule has 2 rings (SSSR count). The molecule has 4 heteroatoms. The van der Waals surface area contributed by atoms with E-state index in [1.54, 1.807) is 6.26 Å². The van der Waals surface area contributed by atoms with Crippen LogP contribution < -0.4 is 5.32 Å². The number of hydrogen-bond donors (Lipinski definition) is 1. The Hall–Kier alpha value is -0.770. The standard InChI is InChI=1S/C13H13BrClNO/c1-2-16-13(12-4-3-5-17-12)9-6-10(14)8-11(15)7-9/h3-8,13,16H,2H2,1H3. The van der Waals surface area contributed by atoms with Gasteiger partial charge in [-0.3, -0.25) is 0 Å². The van der Waals surface area contributed by atoms with Gasteiger partial charge in [0.25, 0.3) is 0 Å². The van der Waals surface area contributed by atoms with Crippen molar-refractivity contribution in [1.82, 2.24) is 5.32 Å². The minimum Gasteiger partial charge on any atom is -0.467 e. The van der Waals surface area contributed by atoms with E-state index in [0.29, 0.717) is 5.02 Å². The molecule has 2 aromatic rings. The van der Waals surface area contributed by atoms with Gasteiger partial charge in [0.05, 0.1) is 12.3 Å². The number of benzene rings is 1. The van der Waals surface area contributed by atoms with Crippen molar-refractivity contribution >= 4 is 27.5 Å². The van der Waals surface area contributed by atoms with Gasteiger partial charge in [0, 0.05) is 9.50 Å². The fraction of sp³-hybridized carbons (Fsp3) is 0.231. The lowest BCUT2D eigenvalue weighted by Gasteiger charge is -2.16. The van der Waals surface area contributed by atoms with E-state index < -0.39 is 0 Å². The Morgan fingerprint density at radius 3 is 2.82 bits per heavy atom. The molecule has 0 aliphatic carbocycles. The predicted octanol–water partition coefficient (Wildman–Crippen LogP) is 4.39. The topological polar surface area (TPSA) is 25.2 Å². The summed E-state index contributed by atoms with van der Waals surface area (Å²) < 4.78 is 6.43. The monoisotopic (exact) mass is 313 g/mol. The van der Waals surface area contributed by atoms with E-state index in [4.69, 9.17) is 16.0 Å². The lowest BCUT2D eigenvalue weighted by molar-refractivity contribution is 0.452. The van der Waals surface area contributed by atoms with Gasteiger partial charge in [0.1, 0.15) is 5.76 Å². The molecule has 1 atom stereocenters. The van der Waals surface area contributed by atoms with E-state index in [9.17, 15) is 0 Å². The third kappa shape index (κ3) is 3.12. The van der Waals surface area contributed by atoms with E-state index >= 15 is 0 Å². The molecule has 0 aliphatic heterocycles. The van der Waals surface area contributed by atoms with Crippen LogP contribution in [-0.4, -0.2) is 6.54 Å². The summed E-state index contributed by atoms with van der Waals surface area (Å²) >= 11 is 9.52. The molecule has 2 nitrogen and oxygen atoms in total. The molecule has 0 saturated carbocycles. The smallest absolute Gasteiger partial charge is 0.125 e. The Labute approximate surface area is 114 Å². The van der Waals surface area contributed by atoms with Gasteiger partial charge in [-0.2, -0.15) is 0 Å². The van der Waals surface area contributed by atoms with E-state index in [-0.39, 0.29) is 6.04 Å². The third-order valence-electron chi connectivity index (χ3n) is 2.45. The molecule has 0 bridgehead atoms. The van der Waals surface area contributed by atoms with Gasteiger partial charge in [-0.1, -0.05) is 34.5 Å². The second-order valence-electron chi connectivity index (χ2n) is 3.71. The van der Waals surface area contributed by atoms with Crippen molar-refractivity contribution in [2.75, 3.05) is 6.54 Å². The molecule has 1 unspecified atom stereocenters. The van der Waals surface area contributed by atoms with Crippen LogP contribution >= 0.6 is 27.5 Å². The normalized spacial score (nSPS) is 12.6. The highest BCUT2D eigenvalue weighted by molar-refractivity contribution is 9.10. The first-order valence-corrected chi connectivity index (χ1v) is 6.60. The molecule has 0 aliphatic rings. The minimum absolute atomic E-state index is 0.0324. The van der Waals surface area contributed by atoms with E-state index in [1.165, 1.54) is 0 Å². The molecule has 0 spiro atoms. The van der Waals surface area contributed by atoms with Gasteiger partial charge >= 0.3 is 0 Å². The van der Waals surface area contributed by atoms with Gasteiger partial charge in [0.2, 0.25) is 0 Å². The second-order valence-corrected chi connectivity index (χ2v) is 5.06. The van der Waals surface area contributed by atoms with Crippen LogP contribution in [-0.2, 0) is 0 Å². The van der Waals surface area contributed by atoms with Crippen LogP contribution in [0.2, 0.25) is 5.02 Å². The molecule has 1 aromatic heterocycles. The fourth-order valence-corrected chi connectivity index (χ4v) is 2.67. The van der Waals surface area contributed by atoms with Crippen molar-refractivity contribution in [2.24, 2.45) is 0 Å². The third-order valence-corrected chi connectivity index (χ3v) is 3.13. The van der Waals surface area contributed by atoms with Crippen LogP contribution in [0, 0.1) is 0 Å². The molecule has 0 saturated heterocycles. The summed E-state index contributed by atoms with van der Waals surface area (Å²) in [6, 6.07) is 9.74. The molecule has 1 aromatic carbocycles. The largest absolute Gasteiger partial charge is 0.467 e. The molecule has 1 N–H and O–H groups in total. The Bertz CT molecular complexity index is 464. The minimum atomic E-state index is 0.0324. The van der Waals surface area contributed by atoms with Crippen LogP contribution in [0.15, 0.2) is 45.5 Å². The Morgan fingerprint density at radius 1 is 1.41 bits per heavy atom. The zero-order chi connectivity index (χ0) is 12.3. The van der Waals surface area contributed by atoms with E-state index in [2.05, 4.69) is 28.2 Å². The van der Waals surface area contributed by atoms with Gasteiger partial charge in [-0.15, -0.1) is 0 Å². The molecular weight excluding hydrogens is 302 g/mol. The van der Waals surface area contributed by atoms with Crippen LogP contribution in [0.4, 0.5) is 0 Å². The molecule has 90 valence electrons. The summed E-state index contributed by atoms with van der Waals surface area (Å²) in [5, 5.41) is 4.09. The predicted molar refractivity (Wildman–Crippen MR) is 73.4 cm³/mol. The molecule has 0 fully saturated rings. The quantitative estimate of drug-likeness (QED) is 0.905. The highest BCUT2D eigenvalue weighted by atomic mass is 79.9. The van der Waals surface area contributed by atoms with Crippen molar-refractivity contribution in [3.05, 3.63) is 57.4 Å². The summed E-state index contributed by atoms with van der Waals surface area (Å²) in [4.78, 5) is 0. The molecule has 1 heterocycles. The van der Waals surface area contributed by atoms with Gasteiger partial charge in [-0.25, -0.2) is 0 Å². The second kappa shape index (κ2) is 5.71. The highest BCUT2D eigenvalue weighted by Gasteiger charge is 2.16. The van der Waals surface area contributed by atoms with Crippen LogP contribution in [0.25, 0.3) is 0 Å². The number of hydrogen-bond acceptors (Lipinski definition) is 2. The highest BCUT2D eigenvalue weighted by Crippen LogP contribution is 2.28. The van der Waals surface area contributed by atoms with Crippen molar-refractivity contribution in [1.29, 1.82) is 0 Å². The van der Waals surface area contributed by atoms with Crippen molar-refractivity contribution in [3.8, 4) is 0 Å². The van der Waals surface area contributed by atoms with Gasteiger partial charge in [-0.05, 0) is 42.4 Å². The number of nitrogens with one attached hydrogen (secondary N) is 1. The Balaban J connectivity index is 2.38. The summed E-state index contributed by atoms with van der Waals surface area (Å²) in [6.07, 6.45) is 1.68. The molecule has 17 heavy (non-hydrogen) atoms. The first-order chi connectivity index (χ1) is 8.20. The zero-order valence-corrected chi connectivity index (χ0v) is 11.8. The lowest BCUT2D eigenvalue weighted by Crippen LogP contribution is -2.21. The number of furan rings is 1. The van der Waals surface area contributed by atoms with Crippen LogP contribution in [0.3, 0.4) is 0 Å². The summed E-state index contributed by atoms with van der Waals surface area (Å²) in [6.45, 7) is 2.92. The Morgan fingerprint density at radius 2 is 2.24 bits per heavy atom. The molecule has 0 radical (unpaired) electrons. The van der Waals surface area contributed by atoms with Gasteiger partial charge in [0.15, 0.2) is 0 Å². The van der Waals surface area contributed by atoms with Crippen molar-refractivity contribution in [2.45, 2.75) is 13.0 Å². The zero-order valence-electron chi connectivity index (χ0n) is 9.41. The first-order valence-electron chi connectivity index (χ1n) is 5.43. The summed E-state index contributed by atoms with van der Waals surface area (Å²) in [5.41, 5.74) is 1.08. The maximum absolute atomic E-state index is 6.07. The number of halogens is 2. The average Bonchev–Trinajstić information content (AvgIpc) is 2.77. The van der Waals surface area contributed by atoms with Gasteiger partial charge < -0.3 is 9.73 Å². The van der Waals surface area contributed by atoms with Crippen molar-refractivity contribution < 1.29 is 4.42 Å². The van der Waals surface area contributed by atoms with Crippen molar-refractivity contribution in [3.63, 3.8) is 0 Å². The van der Waals surface area contributed by atoms with E-state index in [1.807, 2.05) is 30.3 Å². The Kier molecular flexibility index (Phi) is 4.26. The van der Waals surface area contributed by atoms with E-state index in [0.717, 1.165) is 22.3 Å². The lowest BCUT2D eigenvalue weighted by atomic mass is 10.0. The first kappa shape index (κ1) is 12.7. The maximum atomic E-state index is 6.07. The summed E-state index contributed by atoms with van der Waals surface area (Å²) in [7, 11) is 0. The maximum Gasteiger partial charge on any atom is 0.125 e. The summed E-state index contributed by atoms with van der Waals surface area (Å²) in [5.74, 6) is 0.890. The molecular formula is C13H13BrClNO. The van der Waals surface area contributed by atoms with Crippen LogP contribution in [0.5, 0.6) is 0 Å². The average molecular weight is 315 g/mol. The van der Waals surface area contributed by atoms with Crippen LogP contribution in [0.1, 0.15) is 24.3 Å². The molecule has 0 amide bonds. The SMILES string of the molecule is CCNC(c1cc(Cl)cc(Br)c1)c1ccco1. The number of rotatable bonds is 4.